The fraction of sp³-hybridized carbons (Fsp3) is 0.714. The second kappa shape index (κ2) is 3.97. The van der Waals surface area contributed by atoms with Crippen molar-refractivity contribution in [1.82, 2.24) is 20.2 Å². The number of aromatic amines is 1. The number of nitrogens with zero attached hydrogens (tertiary/aromatic N) is 3. The summed E-state index contributed by atoms with van der Waals surface area (Å²) >= 11 is 0. The summed E-state index contributed by atoms with van der Waals surface area (Å²) in [5.74, 6) is -0.00139. The molecule has 1 heterocycles. The van der Waals surface area contributed by atoms with Crippen molar-refractivity contribution in [2.75, 3.05) is 0 Å². The maximum absolute atomic E-state index is 11.4. The Kier molecular flexibility index (Phi) is 2.94. The molecule has 1 aromatic rings. The second-order valence-electron chi connectivity index (χ2n) is 2.69. The van der Waals surface area contributed by atoms with Crippen LogP contribution in [-0.4, -0.2) is 26.0 Å². The maximum atomic E-state index is 11.4. The molecule has 1 rings (SSSR count). The van der Waals surface area contributed by atoms with Gasteiger partial charge in [0, 0.05) is 6.42 Å². The standard InChI is InChI=1S/C7H12N4O2/c1-3-5(6(12)4-2)11-7(13)8-9-10-11/h5H,3-4H2,1-2H3,(H,8,10,13). The first kappa shape index (κ1) is 9.63. The van der Waals surface area contributed by atoms with Crippen molar-refractivity contribution < 1.29 is 4.79 Å². The lowest BCUT2D eigenvalue weighted by Crippen LogP contribution is -2.28. The van der Waals surface area contributed by atoms with Crippen LogP contribution in [0.2, 0.25) is 0 Å². The number of aromatic nitrogens is 4. The number of hydrogen-bond donors (Lipinski definition) is 1. The minimum absolute atomic E-state index is 0.00139. The first-order chi connectivity index (χ1) is 6.20. The zero-order chi connectivity index (χ0) is 9.84. The summed E-state index contributed by atoms with van der Waals surface area (Å²) in [6.07, 6.45) is 0.955. The van der Waals surface area contributed by atoms with Crippen LogP contribution in [0.15, 0.2) is 4.79 Å². The minimum Gasteiger partial charge on any atom is -0.297 e. The van der Waals surface area contributed by atoms with Gasteiger partial charge in [-0.2, -0.15) is 4.68 Å². The molecule has 0 radical (unpaired) electrons. The molecule has 6 nitrogen and oxygen atoms in total. The summed E-state index contributed by atoms with van der Waals surface area (Å²) in [5, 5.41) is 9.02. The molecule has 0 aromatic carbocycles. The minimum atomic E-state index is -0.476. The van der Waals surface area contributed by atoms with Gasteiger partial charge in [-0.25, -0.2) is 9.89 Å². The Balaban J connectivity index is 2.97. The highest BCUT2D eigenvalue weighted by atomic mass is 16.2. The molecule has 0 aliphatic carbocycles. The normalized spacial score (nSPS) is 12.8. The molecule has 72 valence electrons. The Labute approximate surface area is 74.9 Å². The summed E-state index contributed by atoms with van der Waals surface area (Å²) in [5.41, 5.74) is -0.436. The van der Waals surface area contributed by atoms with Gasteiger partial charge in [-0.15, -0.1) is 0 Å². The molecule has 0 spiro atoms. The highest BCUT2D eigenvalue weighted by molar-refractivity contribution is 5.81. The summed E-state index contributed by atoms with van der Waals surface area (Å²) < 4.78 is 1.09. The largest absolute Gasteiger partial charge is 0.361 e. The van der Waals surface area contributed by atoms with E-state index in [1.807, 2.05) is 6.92 Å². The van der Waals surface area contributed by atoms with Gasteiger partial charge in [-0.3, -0.25) is 4.79 Å². The van der Waals surface area contributed by atoms with E-state index in [-0.39, 0.29) is 5.78 Å². The van der Waals surface area contributed by atoms with Crippen LogP contribution in [0.25, 0.3) is 0 Å². The molecule has 0 saturated heterocycles. The number of H-pyrrole nitrogens is 1. The summed E-state index contributed by atoms with van der Waals surface area (Å²) in [4.78, 5) is 22.4. The Morgan fingerprint density at radius 3 is 2.69 bits per heavy atom. The third kappa shape index (κ3) is 1.82. The van der Waals surface area contributed by atoms with Crippen molar-refractivity contribution in [3.8, 4) is 0 Å². The van der Waals surface area contributed by atoms with Gasteiger partial charge in [-0.05, 0) is 16.8 Å². The van der Waals surface area contributed by atoms with E-state index in [4.69, 9.17) is 0 Å². The molecule has 1 atom stereocenters. The average Bonchev–Trinajstić information content (AvgIpc) is 2.53. The van der Waals surface area contributed by atoms with Gasteiger partial charge >= 0.3 is 5.69 Å². The van der Waals surface area contributed by atoms with Gasteiger partial charge in [-0.1, -0.05) is 13.8 Å². The van der Waals surface area contributed by atoms with Crippen molar-refractivity contribution in [1.29, 1.82) is 0 Å². The van der Waals surface area contributed by atoms with Crippen molar-refractivity contribution in [3.63, 3.8) is 0 Å². The monoisotopic (exact) mass is 184 g/mol. The predicted octanol–water partition coefficient (Wildman–Crippen LogP) is -0.103. The Hall–Kier alpha value is -1.46. The first-order valence-corrected chi connectivity index (χ1v) is 4.23. The van der Waals surface area contributed by atoms with Crippen LogP contribution in [0.5, 0.6) is 0 Å². The van der Waals surface area contributed by atoms with Gasteiger partial charge in [0.05, 0.1) is 0 Å². The van der Waals surface area contributed by atoms with Crippen LogP contribution in [0.3, 0.4) is 0 Å². The van der Waals surface area contributed by atoms with Crippen LogP contribution in [-0.2, 0) is 4.79 Å². The molecule has 0 amide bonds. The summed E-state index contributed by atoms with van der Waals surface area (Å²) in [6, 6.07) is -0.476. The molecule has 1 unspecified atom stereocenters. The molecule has 0 saturated carbocycles. The zero-order valence-electron chi connectivity index (χ0n) is 7.65. The fourth-order valence-electron chi connectivity index (χ4n) is 1.18. The van der Waals surface area contributed by atoms with Crippen molar-refractivity contribution in [2.24, 2.45) is 0 Å². The van der Waals surface area contributed by atoms with Gasteiger partial charge < -0.3 is 0 Å². The summed E-state index contributed by atoms with van der Waals surface area (Å²) in [7, 11) is 0. The van der Waals surface area contributed by atoms with Gasteiger partial charge in [0.1, 0.15) is 6.04 Å². The lowest BCUT2D eigenvalue weighted by molar-refractivity contribution is -0.122. The van der Waals surface area contributed by atoms with Crippen molar-refractivity contribution >= 4 is 5.78 Å². The fourth-order valence-corrected chi connectivity index (χ4v) is 1.18. The molecule has 0 bridgehead atoms. The second-order valence-corrected chi connectivity index (χ2v) is 2.69. The molecule has 13 heavy (non-hydrogen) atoms. The van der Waals surface area contributed by atoms with Crippen LogP contribution >= 0.6 is 0 Å². The quantitative estimate of drug-likeness (QED) is 0.708. The van der Waals surface area contributed by atoms with Crippen LogP contribution in [0.4, 0.5) is 0 Å². The number of rotatable bonds is 4. The van der Waals surface area contributed by atoms with Gasteiger partial charge in [0.15, 0.2) is 5.78 Å². The van der Waals surface area contributed by atoms with E-state index in [9.17, 15) is 9.59 Å². The molecule has 0 aliphatic heterocycles. The van der Waals surface area contributed by atoms with Gasteiger partial charge in [0.25, 0.3) is 0 Å². The third-order valence-electron chi connectivity index (χ3n) is 1.90. The maximum Gasteiger partial charge on any atom is 0.361 e. The Bertz CT molecular complexity index is 340. The Morgan fingerprint density at radius 2 is 2.31 bits per heavy atom. The molecule has 6 heteroatoms. The molecule has 0 fully saturated rings. The average molecular weight is 184 g/mol. The smallest absolute Gasteiger partial charge is 0.297 e. The van der Waals surface area contributed by atoms with E-state index < -0.39 is 11.7 Å². The highest BCUT2D eigenvalue weighted by Gasteiger charge is 2.19. The first-order valence-electron chi connectivity index (χ1n) is 4.23. The Morgan fingerprint density at radius 1 is 1.62 bits per heavy atom. The highest BCUT2D eigenvalue weighted by Crippen LogP contribution is 2.09. The number of nitrogens with one attached hydrogen (secondary N) is 1. The molecular formula is C7H12N4O2. The van der Waals surface area contributed by atoms with Gasteiger partial charge in [0.2, 0.25) is 0 Å². The zero-order valence-corrected chi connectivity index (χ0v) is 7.65. The van der Waals surface area contributed by atoms with E-state index in [1.54, 1.807) is 6.92 Å². The number of tetrazole rings is 1. The van der Waals surface area contributed by atoms with Crippen LogP contribution < -0.4 is 5.69 Å². The molecule has 1 aromatic heterocycles. The molecule has 1 N–H and O–H groups in total. The van der Waals surface area contributed by atoms with Crippen LogP contribution in [0.1, 0.15) is 32.7 Å². The van der Waals surface area contributed by atoms with Crippen molar-refractivity contribution in [2.45, 2.75) is 32.7 Å². The third-order valence-corrected chi connectivity index (χ3v) is 1.90. The molecular weight excluding hydrogens is 172 g/mol. The lowest BCUT2D eigenvalue weighted by Gasteiger charge is -2.09. The lowest BCUT2D eigenvalue weighted by atomic mass is 10.1. The molecule has 0 aliphatic rings. The van der Waals surface area contributed by atoms with E-state index in [2.05, 4.69) is 15.5 Å². The summed E-state index contributed by atoms with van der Waals surface area (Å²) in [6.45, 7) is 3.59. The number of carbonyl (C=O) groups excluding carboxylic acids is 1. The number of carbonyl (C=O) groups is 1. The predicted molar refractivity (Wildman–Crippen MR) is 45.3 cm³/mol. The van der Waals surface area contributed by atoms with Crippen molar-refractivity contribution in [3.05, 3.63) is 10.5 Å². The van der Waals surface area contributed by atoms with E-state index in [0.717, 1.165) is 4.68 Å². The number of hydrogen-bond acceptors (Lipinski definition) is 4. The van der Waals surface area contributed by atoms with E-state index in [0.29, 0.717) is 12.8 Å². The van der Waals surface area contributed by atoms with Crippen LogP contribution in [0, 0.1) is 0 Å². The van der Waals surface area contributed by atoms with E-state index in [1.165, 1.54) is 0 Å². The number of ketones is 1. The number of Topliss-reactive ketones (excluding diaryl/α,β-unsaturated/α-hetero) is 1. The van der Waals surface area contributed by atoms with E-state index >= 15 is 0 Å². The SMILES string of the molecule is CCC(=O)C(CC)n1nn[nH]c1=O. The topological polar surface area (TPSA) is 80.6 Å².